The largest absolute Gasteiger partial charge is 0.492 e. The first-order valence-electron chi connectivity index (χ1n) is 16.3. The lowest BCUT2D eigenvalue weighted by atomic mass is 10.1. The number of hydrogen-bond acceptors (Lipinski definition) is 7. The van der Waals surface area contributed by atoms with Gasteiger partial charge in [0.15, 0.2) is 0 Å². The van der Waals surface area contributed by atoms with Crippen molar-refractivity contribution < 1.29 is 9.13 Å². The number of ether oxygens (including phenoxy) is 1. The quantitative estimate of drug-likeness (QED) is 0.138. The number of benzene rings is 2. The van der Waals surface area contributed by atoms with Crippen LogP contribution < -0.4 is 10.1 Å². The zero-order chi connectivity index (χ0) is 32.3. The highest BCUT2D eigenvalue weighted by Gasteiger charge is 2.17. The zero-order valence-corrected chi connectivity index (χ0v) is 26.4. The number of nitrogens with zero attached hydrogens (tertiary/aromatic N) is 5. The molecule has 3 N–H and O–H groups in total. The number of fused-ring (bicyclic) bond motifs is 2. The van der Waals surface area contributed by atoms with Gasteiger partial charge in [0.1, 0.15) is 29.4 Å². The summed E-state index contributed by atoms with van der Waals surface area (Å²) in [5, 5.41) is 12.1. The van der Waals surface area contributed by atoms with Crippen molar-refractivity contribution in [3.8, 4) is 39.7 Å². The third-order valence-corrected chi connectivity index (χ3v) is 8.82. The first-order chi connectivity index (χ1) is 23.7. The van der Waals surface area contributed by atoms with Crippen LogP contribution in [0.25, 0.3) is 55.8 Å². The lowest BCUT2D eigenvalue weighted by Gasteiger charge is -2.15. The second-order valence-electron chi connectivity index (χ2n) is 12.2. The number of rotatable bonds is 11. The van der Waals surface area contributed by atoms with E-state index in [2.05, 4.69) is 53.6 Å². The minimum Gasteiger partial charge on any atom is -0.492 e. The molecule has 10 heteroatoms. The van der Waals surface area contributed by atoms with E-state index >= 15 is 0 Å². The summed E-state index contributed by atoms with van der Waals surface area (Å²) in [5.41, 5.74) is 9.25. The second kappa shape index (κ2) is 13.3. The van der Waals surface area contributed by atoms with Crippen molar-refractivity contribution in [3.63, 3.8) is 0 Å². The Hall–Kier alpha value is -5.45. The van der Waals surface area contributed by atoms with Gasteiger partial charge in [-0.25, -0.2) is 9.37 Å². The van der Waals surface area contributed by atoms with Gasteiger partial charge in [-0.2, -0.15) is 5.10 Å². The molecule has 5 aromatic heterocycles. The van der Waals surface area contributed by atoms with Crippen LogP contribution in [0.2, 0.25) is 0 Å². The predicted molar refractivity (Wildman–Crippen MR) is 186 cm³/mol. The Morgan fingerprint density at radius 1 is 0.833 bits per heavy atom. The summed E-state index contributed by atoms with van der Waals surface area (Å²) in [6, 6.07) is 25.1. The van der Waals surface area contributed by atoms with Crippen LogP contribution in [-0.4, -0.2) is 61.3 Å². The number of likely N-dealkylation sites (tertiary alicyclic amines) is 1. The highest BCUT2D eigenvalue weighted by Crippen LogP contribution is 2.34. The molecular formula is C38H35FN8O. The van der Waals surface area contributed by atoms with Crippen LogP contribution in [0.4, 0.5) is 4.39 Å². The van der Waals surface area contributed by atoms with E-state index in [1.54, 1.807) is 6.20 Å². The number of halogens is 1. The molecule has 0 aliphatic carbocycles. The number of aromatic amines is 2. The number of aromatic nitrogens is 6. The maximum Gasteiger partial charge on any atom is 0.135 e. The van der Waals surface area contributed by atoms with Crippen molar-refractivity contribution >= 4 is 21.9 Å². The van der Waals surface area contributed by atoms with Crippen LogP contribution in [0.1, 0.15) is 24.0 Å². The monoisotopic (exact) mass is 638 g/mol. The minimum atomic E-state index is -0.362. The molecule has 0 amide bonds. The molecule has 1 saturated heterocycles. The Kier molecular flexibility index (Phi) is 8.32. The summed E-state index contributed by atoms with van der Waals surface area (Å²) >= 11 is 0. The molecule has 240 valence electrons. The average Bonchev–Trinajstić information content (AvgIpc) is 3.88. The molecule has 1 fully saturated rings. The number of hydrogen-bond donors (Lipinski definition) is 3. The van der Waals surface area contributed by atoms with Gasteiger partial charge in [-0.15, -0.1) is 0 Å². The van der Waals surface area contributed by atoms with E-state index in [4.69, 9.17) is 9.72 Å². The highest BCUT2D eigenvalue weighted by molar-refractivity contribution is 5.99. The fraction of sp³-hybridized carbons (Fsp3) is 0.211. The van der Waals surface area contributed by atoms with E-state index in [0.717, 1.165) is 70.6 Å². The number of pyridine rings is 3. The third kappa shape index (κ3) is 6.40. The zero-order valence-electron chi connectivity index (χ0n) is 26.4. The topological polar surface area (TPSA) is 108 Å². The molecule has 6 heterocycles. The first kappa shape index (κ1) is 29.9. The third-order valence-electron chi connectivity index (χ3n) is 8.82. The summed E-state index contributed by atoms with van der Waals surface area (Å²) in [5.74, 6) is 0.137. The average molecular weight is 639 g/mol. The predicted octanol–water partition coefficient (Wildman–Crippen LogP) is 7.13. The molecule has 0 unspecified atom stereocenters. The maximum absolute atomic E-state index is 14.8. The van der Waals surface area contributed by atoms with Crippen molar-refractivity contribution in [2.75, 3.05) is 26.2 Å². The Morgan fingerprint density at radius 3 is 2.60 bits per heavy atom. The molecule has 0 bridgehead atoms. The van der Waals surface area contributed by atoms with Crippen molar-refractivity contribution in [1.29, 1.82) is 0 Å². The van der Waals surface area contributed by atoms with Gasteiger partial charge in [0.25, 0.3) is 0 Å². The second-order valence-corrected chi connectivity index (χ2v) is 12.2. The van der Waals surface area contributed by atoms with Gasteiger partial charge in [0.2, 0.25) is 0 Å². The fourth-order valence-corrected chi connectivity index (χ4v) is 6.41. The van der Waals surface area contributed by atoms with Crippen LogP contribution >= 0.6 is 0 Å². The van der Waals surface area contributed by atoms with Gasteiger partial charge in [0, 0.05) is 66.3 Å². The van der Waals surface area contributed by atoms with Crippen LogP contribution in [0.3, 0.4) is 0 Å². The van der Waals surface area contributed by atoms with Crippen molar-refractivity contribution in [3.05, 3.63) is 114 Å². The first-order valence-corrected chi connectivity index (χ1v) is 16.3. The summed E-state index contributed by atoms with van der Waals surface area (Å²) in [7, 11) is 0. The Labute approximate surface area is 277 Å². The SMILES string of the molecule is Fc1cc(OCCN2CCCC2)cc(-c2nccc3[nH]c(-c4n[nH]c5ccc(-c6cncc(CNCc7ccccc7)c6)nc45)cc23)c1. The minimum absolute atomic E-state index is 0.362. The normalized spacial score (nSPS) is 13.5. The molecule has 1 aliphatic heterocycles. The van der Waals surface area contributed by atoms with Gasteiger partial charge < -0.3 is 15.0 Å². The van der Waals surface area contributed by atoms with Gasteiger partial charge >= 0.3 is 0 Å². The van der Waals surface area contributed by atoms with Gasteiger partial charge in [-0.1, -0.05) is 30.3 Å². The standard InChI is InChI=1S/C38H35FN8O/c39-29-17-27(18-30(19-29)48-15-14-47-12-4-5-13-47)36-31-20-35(43-33(31)10-11-42-36)38-37-34(45-46-38)9-8-32(44-37)28-16-26(23-41-24-28)22-40-21-25-6-2-1-3-7-25/h1-3,6-11,16-20,23-24,40,43H,4-5,12-15,21-22H2,(H,45,46). The molecule has 0 atom stereocenters. The number of nitrogens with one attached hydrogen (secondary N) is 3. The van der Waals surface area contributed by atoms with Crippen molar-refractivity contribution in [2.45, 2.75) is 25.9 Å². The van der Waals surface area contributed by atoms with E-state index in [0.29, 0.717) is 35.9 Å². The molecule has 0 saturated carbocycles. The molecule has 7 aromatic rings. The molecule has 2 aromatic carbocycles. The van der Waals surface area contributed by atoms with Gasteiger partial charge in [-0.3, -0.25) is 20.0 Å². The van der Waals surface area contributed by atoms with E-state index in [1.807, 2.05) is 60.9 Å². The molecule has 8 rings (SSSR count). The summed E-state index contributed by atoms with van der Waals surface area (Å²) < 4.78 is 20.8. The molecule has 1 aliphatic rings. The Balaban J connectivity index is 1.05. The lowest BCUT2D eigenvalue weighted by molar-refractivity contribution is 0.237. The molecule has 0 radical (unpaired) electrons. The van der Waals surface area contributed by atoms with Gasteiger partial charge in [-0.05, 0) is 79.5 Å². The van der Waals surface area contributed by atoms with E-state index in [9.17, 15) is 4.39 Å². The molecule has 0 spiro atoms. The van der Waals surface area contributed by atoms with Crippen molar-refractivity contribution in [2.24, 2.45) is 0 Å². The summed E-state index contributed by atoms with van der Waals surface area (Å²) in [6.45, 7) is 5.02. The van der Waals surface area contributed by atoms with E-state index in [-0.39, 0.29) is 5.82 Å². The summed E-state index contributed by atoms with van der Waals surface area (Å²) in [6.07, 6.45) is 7.89. The number of H-pyrrole nitrogens is 2. The summed E-state index contributed by atoms with van der Waals surface area (Å²) in [4.78, 5) is 20.0. The fourth-order valence-electron chi connectivity index (χ4n) is 6.41. The van der Waals surface area contributed by atoms with Gasteiger partial charge in [0.05, 0.1) is 22.6 Å². The van der Waals surface area contributed by atoms with E-state index < -0.39 is 0 Å². The maximum atomic E-state index is 14.8. The van der Waals surface area contributed by atoms with Crippen LogP contribution in [0, 0.1) is 5.82 Å². The van der Waals surface area contributed by atoms with Crippen molar-refractivity contribution in [1.82, 2.24) is 40.3 Å². The smallest absolute Gasteiger partial charge is 0.135 e. The van der Waals surface area contributed by atoms with Crippen LogP contribution in [0.5, 0.6) is 5.75 Å². The molecule has 9 nitrogen and oxygen atoms in total. The Bertz CT molecular complexity index is 2190. The molecular weight excluding hydrogens is 603 g/mol. The van der Waals surface area contributed by atoms with Crippen LogP contribution in [0.15, 0.2) is 97.5 Å². The Morgan fingerprint density at radius 2 is 1.71 bits per heavy atom. The highest BCUT2D eigenvalue weighted by atomic mass is 19.1. The molecule has 48 heavy (non-hydrogen) atoms. The van der Waals surface area contributed by atoms with Crippen LogP contribution in [-0.2, 0) is 13.1 Å². The van der Waals surface area contributed by atoms with E-state index in [1.165, 1.54) is 30.5 Å². The lowest BCUT2D eigenvalue weighted by Crippen LogP contribution is -2.25.